The Bertz CT molecular complexity index is 87.3. The maximum absolute atomic E-state index is 9.06. The van der Waals surface area contributed by atoms with Gasteiger partial charge in [-0.25, -0.2) is 0 Å². The van der Waals surface area contributed by atoms with Crippen LogP contribution in [-0.2, 0) is 0 Å². The van der Waals surface area contributed by atoms with Crippen LogP contribution in [-0.4, -0.2) is 23.8 Å². The molecule has 0 bridgehead atoms. The Hall–Kier alpha value is -0.0800. The van der Waals surface area contributed by atoms with Gasteiger partial charge in [-0.15, -0.1) is 0 Å². The van der Waals surface area contributed by atoms with Gasteiger partial charge in [0.1, 0.15) is 0 Å². The van der Waals surface area contributed by atoms with Gasteiger partial charge in [0.05, 0.1) is 6.10 Å². The van der Waals surface area contributed by atoms with Crippen LogP contribution < -0.4 is 5.32 Å². The topological polar surface area (TPSA) is 32.3 Å². The molecule has 1 fully saturated rings. The largest absolute Gasteiger partial charge is 0.393 e. The summed E-state index contributed by atoms with van der Waals surface area (Å²) in [4.78, 5) is 0. The second kappa shape index (κ2) is 3.94. The molecule has 1 aliphatic rings. The van der Waals surface area contributed by atoms with Crippen molar-refractivity contribution in [1.82, 2.24) is 5.32 Å². The number of hydrogen-bond acceptors (Lipinski definition) is 2. The predicted molar refractivity (Wildman–Crippen MR) is 41.9 cm³/mol. The Labute approximate surface area is 62.6 Å². The van der Waals surface area contributed by atoms with Gasteiger partial charge < -0.3 is 10.4 Å². The summed E-state index contributed by atoms with van der Waals surface area (Å²) in [5.74, 6) is 0. The molecule has 0 aromatic carbocycles. The van der Waals surface area contributed by atoms with Crippen molar-refractivity contribution < 1.29 is 5.11 Å². The number of rotatable bonds is 2. The summed E-state index contributed by atoms with van der Waals surface area (Å²) in [5.41, 5.74) is 0. The number of piperidine rings is 1. The van der Waals surface area contributed by atoms with Crippen molar-refractivity contribution in [2.45, 2.75) is 44.8 Å². The molecule has 2 N–H and O–H groups in total. The Morgan fingerprint density at radius 3 is 2.90 bits per heavy atom. The molecular formula is C8H17NO. The standard InChI is InChI=1S/C8H17NO/c1-7(10)6-8-4-2-3-5-9-8/h7-10H,2-6H2,1H3/t7-,8-/m1/s1. The van der Waals surface area contributed by atoms with E-state index < -0.39 is 0 Å². The van der Waals surface area contributed by atoms with Gasteiger partial charge in [-0.3, -0.25) is 0 Å². The number of aliphatic hydroxyl groups is 1. The third kappa shape index (κ3) is 2.67. The van der Waals surface area contributed by atoms with E-state index in [-0.39, 0.29) is 6.10 Å². The van der Waals surface area contributed by atoms with Crippen LogP contribution in [0.2, 0.25) is 0 Å². The third-order valence-electron chi connectivity index (χ3n) is 2.04. The Balaban J connectivity index is 2.13. The summed E-state index contributed by atoms with van der Waals surface area (Å²) in [6.07, 6.45) is 4.64. The highest BCUT2D eigenvalue weighted by molar-refractivity contribution is 4.73. The molecule has 0 radical (unpaired) electrons. The molecule has 0 aromatic heterocycles. The first kappa shape index (κ1) is 8.02. The Kier molecular flexibility index (Phi) is 3.16. The molecule has 2 atom stereocenters. The number of aliphatic hydroxyl groups excluding tert-OH is 1. The minimum atomic E-state index is -0.143. The second-order valence-corrected chi connectivity index (χ2v) is 3.23. The highest BCUT2D eigenvalue weighted by Gasteiger charge is 2.13. The monoisotopic (exact) mass is 143 g/mol. The van der Waals surface area contributed by atoms with Gasteiger partial charge in [-0.1, -0.05) is 6.42 Å². The first-order valence-corrected chi connectivity index (χ1v) is 4.20. The van der Waals surface area contributed by atoms with Gasteiger partial charge in [-0.05, 0) is 32.7 Å². The van der Waals surface area contributed by atoms with Gasteiger partial charge in [0.15, 0.2) is 0 Å². The molecule has 0 spiro atoms. The van der Waals surface area contributed by atoms with Gasteiger partial charge in [0.25, 0.3) is 0 Å². The summed E-state index contributed by atoms with van der Waals surface area (Å²) >= 11 is 0. The van der Waals surface area contributed by atoms with Gasteiger partial charge in [-0.2, -0.15) is 0 Å². The van der Waals surface area contributed by atoms with E-state index in [9.17, 15) is 0 Å². The fourth-order valence-corrected chi connectivity index (χ4v) is 1.54. The first-order valence-electron chi connectivity index (χ1n) is 4.20. The van der Waals surface area contributed by atoms with Gasteiger partial charge in [0.2, 0.25) is 0 Å². The molecule has 10 heavy (non-hydrogen) atoms. The molecule has 2 nitrogen and oxygen atoms in total. The van der Waals surface area contributed by atoms with Crippen LogP contribution >= 0.6 is 0 Å². The minimum Gasteiger partial charge on any atom is -0.393 e. The van der Waals surface area contributed by atoms with E-state index in [0.717, 1.165) is 13.0 Å². The molecule has 60 valence electrons. The van der Waals surface area contributed by atoms with Crippen LogP contribution in [0.1, 0.15) is 32.6 Å². The Morgan fingerprint density at radius 1 is 1.60 bits per heavy atom. The molecule has 0 saturated carbocycles. The average molecular weight is 143 g/mol. The number of nitrogens with one attached hydrogen (secondary N) is 1. The van der Waals surface area contributed by atoms with E-state index in [1.54, 1.807) is 0 Å². The summed E-state index contributed by atoms with van der Waals surface area (Å²) in [7, 11) is 0. The molecule has 1 heterocycles. The lowest BCUT2D eigenvalue weighted by Crippen LogP contribution is -2.36. The van der Waals surface area contributed by atoms with E-state index in [4.69, 9.17) is 5.11 Å². The van der Waals surface area contributed by atoms with E-state index in [1.807, 2.05) is 6.92 Å². The first-order chi connectivity index (χ1) is 4.79. The maximum atomic E-state index is 9.06. The molecule has 0 aromatic rings. The molecule has 0 unspecified atom stereocenters. The summed E-state index contributed by atoms with van der Waals surface area (Å²) in [6.45, 7) is 2.99. The lowest BCUT2D eigenvalue weighted by Gasteiger charge is -2.24. The van der Waals surface area contributed by atoms with Gasteiger partial charge >= 0.3 is 0 Å². The molecule has 1 rings (SSSR count). The van der Waals surface area contributed by atoms with E-state index in [0.29, 0.717) is 6.04 Å². The fraction of sp³-hybridized carbons (Fsp3) is 1.00. The van der Waals surface area contributed by atoms with Crippen molar-refractivity contribution in [3.05, 3.63) is 0 Å². The number of hydrogen-bond donors (Lipinski definition) is 2. The molecule has 1 aliphatic heterocycles. The third-order valence-corrected chi connectivity index (χ3v) is 2.04. The molecule has 0 amide bonds. The molecular weight excluding hydrogens is 126 g/mol. The zero-order valence-electron chi connectivity index (χ0n) is 6.64. The maximum Gasteiger partial charge on any atom is 0.0526 e. The average Bonchev–Trinajstić information content (AvgIpc) is 1.88. The normalized spacial score (nSPS) is 30.0. The summed E-state index contributed by atoms with van der Waals surface area (Å²) in [5, 5.41) is 12.5. The van der Waals surface area contributed by atoms with Gasteiger partial charge in [0, 0.05) is 6.04 Å². The lowest BCUT2D eigenvalue weighted by molar-refractivity contribution is 0.160. The molecule has 0 aliphatic carbocycles. The lowest BCUT2D eigenvalue weighted by atomic mass is 10.00. The fourth-order valence-electron chi connectivity index (χ4n) is 1.54. The predicted octanol–water partition coefficient (Wildman–Crippen LogP) is 0.899. The van der Waals surface area contributed by atoms with E-state index in [1.165, 1.54) is 19.3 Å². The highest BCUT2D eigenvalue weighted by atomic mass is 16.3. The van der Waals surface area contributed by atoms with Crippen LogP contribution in [0, 0.1) is 0 Å². The quantitative estimate of drug-likeness (QED) is 0.602. The van der Waals surface area contributed by atoms with Crippen LogP contribution in [0.4, 0.5) is 0 Å². The van der Waals surface area contributed by atoms with Crippen molar-refractivity contribution in [1.29, 1.82) is 0 Å². The van der Waals surface area contributed by atoms with Crippen molar-refractivity contribution in [3.63, 3.8) is 0 Å². The molecule has 1 saturated heterocycles. The Morgan fingerprint density at radius 2 is 2.40 bits per heavy atom. The zero-order valence-corrected chi connectivity index (χ0v) is 6.64. The van der Waals surface area contributed by atoms with E-state index in [2.05, 4.69) is 5.32 Å². The summed E-state index contributed by atoms with van der Waals surface area (Å²) in [6, 6.07) is 0.578. The summed E-state index contributed by atoms with van der Waals surface area (Å²) < 4.78 is 0. The van der Waals surface area contributed by atoms with Crippen molar-refractivity contribution in [2.24, 2.45) is 0 Å². The van der Waals surface area contributed by atoms with Crippen molar-refractivity contribution >= 4 is 0 Å². The van der Waals surface area contributed by atoms with E-state index >= 15 is 0 Å². The van der Waals surface area contributed by atoms with Crippen molar-refractivity contribution in [2.75, 3.05) is 6.54 Å². The highest BCUT2D eigenvalue weighted by Crippen LogP contribution is 2.11. The minimum absolute atomic E-state index is 0.143. The van der Waals surface area contributed by atoms with Crippen LogP contribution in [0.15, 0.2) is 0 Å². The molecule has 2 heteroatoms. The smallest absolute Gasteiger partial charge is 0.0526 e. The second-order valence-electron chi connectivity index (χ2n) is 3.23. The zero-order chi connectivity index (χ0) is 7.40. The van der Waals surface area contributed by atoms with Crippen LogP contribution in [0.3, 0.4) is 0 Å². The van der Waals surface area contributed by atoms with Crippen LogP contribution in [0.5, 0.6) is 0 Å². The SMILES string of the molecule is C[C@@H](O)C[C@H]1CCCCN1. The van der Waals surface area contributed by atoms with Crippen LogP contribution in [0.25, 0.3) is 0 Å². The van der Waals surface area contributed by atoms with Crippen molar-refractivity contribution in [3.8, 4) is 0 Å².